The maximum atomic E-state index is 4.97. The minimum absolute atomic E-state index is 0. The maximum Gasteiger partial charge on any atom is 1.00 e. The number of halogens is 8. The standard InChI is InChI=1S/C29H40Br2.C29H43BrSi.C29H40Br.C4H9.Cl4Si.2Li/c2*1-3-5-7-9-11-13-19-29(20-14-12-10-8-6-4-2)27-21-23(30)15-17-25(27)26-18-16-24(31)22-28(26)29;1-3-5-7-9-11-15-21-29(22-16-12-10-8-6-4-2)27-18-14-13-17-25(27)26-20-19-24(30)23-28(26)29;1-3-4-2;1-5(2,3)4;;/h15-18,21-22H,3-14,19-20H2,1-2H3;15-18,21-22H,3-14,19-20H2,1-2,31H3;13,17-20,23H,3-12,15-16,21-22H2,1-2H3;1,3-4H2,2H3;;;/q;;2*-1;;2*+1. The number of hydrogen-bond donors (Lipinski definition) is 0. The Bertz CT molecular complexity index is 2960. The summed E-state index contributed by atoms with van der Waals surface area (Å²) in [6.07, 6.45) is 59.4. The van der Waals surface area contributed by atoms with Crippen LogP contribution in [0.2, 0.25) is 0 Å². The van der Waals surface area contributed by atoms with E-state index in [9.17, 15) is 0 Å². The fourth-order valence-electron chi connectivity index (χ4n) is 16.6. The molecule has 0 amide bonds. The first kappa shape index (κ1) is 97.2. The zero-order valence-corrected chi connectivity index (χ0v) is 78.6. The molecule has 0 nitrogen and oxygen atoms in total. The molecule has 0 saturated heterocycles. The molecule has 0 N–H and O–H groups in total. The molecule has 0 bridgehead atoms. The number of rotatable bonds is 43. The van der Waals surface area contributed by atoms with Crippen LogP contribution in [-0.2, 0) is 16.2 Å². The van der Waals surface area contributed by atoms with Crippen molar-refractivity contribution in [2.75, 3.05) is 0 Å². The summed E-state index contributed by atoms with van der Waals surface area (Å²) in [5.74, 6) is 0. The first-order chi connectivity index (χ1) is 48.9. The zero-order chi connectivity index (χ0) is 73.4. The molecule has 562 valence electrons. The zero-order valence-electron chi connectivity index (χ0n) is 66.2. The summed E-state index contributed by atoms with van der Waals surface area (Å²) in [5, 5.41) is -1.18. The molecule has 0 heterocycles. The van der Waals surface area contributed by atoms with Crippen LogP contribution in [0.4, 0.5) is 0 Å². The van der Waals surface area contributed by atoms with Crippen molar-refractivity contribution < 1.29 is 37.7 Å². The van der Waals surface area contributed by atoms with E-state index >= 15 is 0 Å². The fraction of sp³-hybridized carbons (Fsp3) is 0.593. The maximum absolute atomic E-state index is 4.97. The third kappa shape index (κ3) is 31.9. The van der Waals surface area contributed by atoms with E-state index in [2.05, 4.69) is 234 Å². The van der Waals surface area contributed by atoms with E-state index in [0.717, 1.165) is 16.7 Å². The van der Waals surface area contributed by atoms with Gasteiger partial charge in [0.2, 0.25) is 0 Å². The summed E-state index contributed by atoms with van der Waals surface area (Å²) in [5.41, 5.74) is 18.9. The van der Waals surface area contributed by atoms with E-state index in [1.165, 1.54) is 327 Å². The molecular formula is C91H132Br4Cl4Li2Si2. The minimum Gasteiger partial charge on any atom is -0.343 e. The summed E-state index contributed by atoms with van der Waals surface area (Å²) >= 11 is 35.0. The molecule has 9 rings (SSSR count). The van der Waals surface area contributed by atoms with Gasteiger partial charge in [-0.1, -0.05) is 410 Å². The second-order valence-corrected chi connectivity index (χ2v) is 45.9. The van der Waals surface area contributed by atoms with Gasteiger partial charge in [0, 0.05) is 39.0 Å². The number of unbranched alkanes of at least 4 members (excludes halogenated alkanes) is 31. The molecule has 0 fully saturated rings. The fourth-order valence-corrected chi connectivity index (χ4v) is 18.5. The van der Waals surface area contributed by atoms with Crippen LogP contribution >= 0.6 is 108 Å². The number of benzene rings is 6. The van der Waals surface area contributed by atoms with Crippen LogP contribution in [0.5, 0.6) is 0 Å². The van der Waals surface area contributed by atoms with E-state index in [-0.39, 0.29) is 54.0 Å². The van der Waals surface area contributed by atoms with Crippen molar-refractivity contribution in [2.24, 2.45) is 0 Å². The Hall–Kier alpha value is 0.0286. The van der Waals surface area contributed by atoms with E-state index < -0.39 is 5.31 Å². The third-order valence-electron chi connectivity index (χ3n) is 22.0. The first-order valence-electron chi connectivity index (χ1n) is 40.8. The normalized spacial score (nSPS) is 13.4. The molecule has 3 aliphatic carbocycles. The van der Waals surface area contributed by atoms with Crippen LogP contribution < -0.4 is 42.9 Å². The predicted octanol–water partition coefficient (Wildman–Crippen LogP) is 27.2. The van der Waals surface area contributed by atoms with Gasteiger partial charge < -0.3 is 6.92 Å². The van der Waals surface area contributed by atoms with Crippen LogP contribution in [-0.4, -0.2) is 15.6 Å². The van der Waals surface area contributed by atoms with E-state index in [1.807, 2.05) is 0 Å². The van der Waals surface area contributed by atoms with Gasteiger partial charge in [0.1, 0.15) is 0 Å². The average Bonchev–Trinajstić information content (AvgIpc) is 1.59. The first-order valence-corrected chi connectivity index (χ1v) is 51.0. The van der Waals surface area contributed by atoms with E-state index in [4.69, 9.17) is 44.3 Å². The van der Waals surface area contributed by atoms with Gasteiger partial charge in [-0.3, -0.25) is 0 Å². The van der Waals surface area contributed by atoms with Crippen LogP contribution in [0.25, 0.3) is 33.4 Å². The van der Waals surface area contributed by atoms with Crippen molar-refractivity contribution in [1.82, 2.24) is 0 Å². The Morgan fingerprint density at radius 1 is 0.311 bits per heavy atom. The van der Waals surface area contributed by atoms with Crippen molar-refractivity contribution in [2.45, 2.75) is 347 Å². The second kappa shape index (κ2) is 54.7. The topological polar surface area (TPSA) is 0 Å². The van der Waals surface area contributed by atoms with Gasteiger partial charge in [0.05, 0.1) is 0 Å². The molecule has 0 aromatic heterocycles. The van der Waals surface area contributed by atoms with Crippen molar-refractivity contribution in [3.05, 3.63) is 173 Å². The molecular weight excluding hydrogens is 1620 g/mol. The van der Waals surface area contributed by atoms with Crippen LogP contribution in [0, 0.1) is 13.0 Å². The van der Waals surface area contributed by atoms with Crippen molar-refractivity contribution in [3.63, 3.8) is 0 Å². The molecule has 3 aliphatic rings. The van der Waals surface area contributed by atoms with Crippen LogP contribution in [0.1, 0.15) is 364 Å². The third-order valence-corrected chi connectivity index (χ3v) is 24.6. The van der Waals surface area contributed by atoms with Gasteiger partial charge in [-0.2, -0.15) is 30.7 Å². The molecule has 0 saturated carbocycles. The van der Waals surface area contributed by atoms with Gasteiger partial charge in [-0.25, -0.2) is 0 Å². The van der Waals surface area contributed by atoms with Crippen LogP contribution in [0.3, 0.4) is 0 Å². The molecule has 0 unspecified atom stereocenters. The number of fused-ring (bicyclic) bond motifs is 9. The quantitative estimate of drug-likeness (QED) is 0.0155. The molecule has 103 heavy (non-hydrogen) atoms. The minimum atomic E-state index is -2.72. The Morgan fingerprint density at radius 3 is 0.757 bits per heavy atom. The Labute approximate surface area is 712 Å². The molecule has 12 heteroatoms. The summed E-state index contributed by atoms with van der Waals surface area (Å²) in [7, 11) is 1.13. The number of hydrogen-bond acceptors (Lipinski definition) is 0. The summed E-state index contributed by atoms with van der Waals surface area (Å²) < 4.78 is 4.88. The van der Waals surface area contributed by atoms with Gasteiger partial charge in [-0.05, 0) is 135 Å². The Balaban J connectivity index is 0.000000374. The van der Waals surface area contributed by atoms with Gasteiger partial charge in [0.25, 0.3) is 0 Å². The largest absolute Gasteiger partial charge is 1.00 e. The Kier molecular flexibility index (Phi) is 51.6. The van der Waals surface area contributed by atoms with Crippen LogP contribution in [0.15, 0.2) is 127 Å². The smallest absolute Gasteiger partial charge is 0.343 e. The van der Waals surface area contributed by atoms with E-state index in [0.29, 0.717) is 0 Å². The van der Waals surface area contributed by atoms with Crippen molar-refractivity contribution in [1.29, 1.82) is 0 Å². The summed E-state index contributed by atoms with van der Waals surface area (Å²) in [6.45, 7) is 19.6. The van der Waals surface area contributed by atoms with E-state index in [1.54, 1.807) is 38.6 Å². The second-order valence-electron chi connectivity index (χ2n) is 29.9. The molecule has 0 radical (unpaired) electrons. The van der Waals surface area contributed by atoms with Crippen molar-refractivity contribution in [3.8, 4) is 33.4 Å². The summed E-state index contributed by atoms with van der Waals surface area (Å²) in [6, 6.07) is 45.5. The van der Waals surface area contributed by atoms with Gasteiger partial charge >= 0.3 is 43.0 Å². The SMILES string of the molecule is CCCCCCCCC1(CCCCCCCC)c2c[c-]ccc2-c2ccc(Br)cc21.CCCCCCCCC1(CCCCCCCC)c2cc(Br)ccc2-c2ccc(Br)cc21.CCCCCCCCC1(CCCCCCCC)c2cc([SiH3])ccc2-c2ccc(Br)cc21.Cl[Si](Cl)(Cl)Cl.[CH2-]CCC.[Li+].[Li+]. The Morgan fingerprint density at radius 2 is 0.515 bits per heavy atom. The monoisotopic (exact) mass is 1750 g/mol. The molecule has 0 atom stereocenters. The summed E-state index contributed by atoms with van der Waals surface area (Å²) in [4.78, 5) is 0. The van der Waals surface area contributed by atoms with Gasteiger partial charge in [0.15, 0.2) is 0 Å². The molecule has 0 aliphatic heterocycles. The average molecular weight is 1760 g/mol. The van der Waals surface area contributed by atoms with Gasteiger partial charge in [-0.15, -0.1) is 55.4 Å². The molecule has 6 aromatic rings. The predicted molar refractivity (Wildman–Crippen MR) is 475 cm³/mol. The molecule has 6 aromatic carbocycles. The van der Waals surface area contributed by atoms with Crippen molar-refractivity contribution >= 4 is 129 Å². The molecule has 0 spiro atoms.